The van der Waals surface area contributed by atoms with Crippen LogP contribution in [0.5, 0.6) is 0 Å². The molecule has 0 aromatic rings. The highest BCUT2D eigenvalue weighted by atomic mass is 16.4. The minimum absolute atomic E-state index is 0.00240. The van der Waals surface area contributed by atoms with Crippen molar-refractivity contribution >= 4 is 12.0 Å². The van der Waals surface area contributed by atoms with Gasteiger partial charge in [-0.05, 0) is 38.5 Å². The van der Waals surface area contributed by atoms with E-state index in [2.05, 4.69) is 5.32 Å². The molecule has 17 heavy (non-hydrogen) atoms. The number of piperidine rings is 1. The monoisotopic (exact) mass is 240 g/mol. The summed E-state index contributed by atoms with van der Waals surface area (Å²) in [6.07, 6.45) is 6.37. The van der Waals surface area contributed by atoms with Gasteiger partial charge in [-0.15, -0.1) is 0 Å². The smallest absolute Gasteiger partial charge is 0.317 e. The summed E-state index contributed by atoms with van der Waals surface area (Å²) in [4.78, 5) is 24.3. The molecular formula is C12H20N2O3. The molecule has 2 bridgehead atoms. The molecule has 5 nitrogen and oxygen atoms in total. The zero-order valence-electron chi connectivity index (χ0n) is 10.0. The van der Waals surface area contributed by atoms with E-state index in [1.807, 2.05) is 4.90 Å². The first-order valence-electron chi connectivity index (χ1n) is 6.46. The lowest BCUT2D eigenvalue weighted by molar-refractivity contribution is -0.137. The first kappa shape index (κ1) is 12.2. The van der Waals surface area contributed by atoms with Crippen LogP contribution in [0.3, 0.4) is 0 Å². The van der Waals surface area contributed by atoms with Crippen molar-refractivity contribution in [2.24, 2.45) is 0 Å². The molecule has 2 unspecified atom stereocenters. The Balaban J connectivity index is 1.74. The summed E-state index contributed by atoms with van der Waals surface area (Å²) < 4.78 is 0. The average Bonchev–Trinajstić information content (AvgIpc) is 2.54. The molecule has 2 aliphatic rings. The van der Waals surface area contributed by atoms with Gasteiger partial charge < -0.3 is 15.3 Å². The lowest BCUT2D eigenvalue weighted by atomic mass is 10.0. The second-order valence-corrected chi connectivity index (χ2v) is 4.95. The molecule has 2 fully saturated rings. The standard InChI is InChI=1S/C12H20N2O3/c15-11(16)5-2-8-13-12(17)14-9-3-1-4-10(14)7-6-9/h9-10H,1-8H2,(H,13,17)(H,15,16). The Bertz CT molecular complexity index is 290. The molecule has 0 aliphatic carbocycles. The van der Waals surface area contributed by atoms with E-state index in [9.17, 15) is 9.59 Å². The van der Waals surface area contributed by atoms with Crippen LogP contribution in [-0.2, 0) is 4.79 Å². The fourth-order valence-electron chi connectivity index (χ4n) is 2.97. The summed E-state index contributed by atoms with van der Waals surface area (Å²) >= 11 is 0. The number of carboxylic acids is 1. The van der Waals surface area contributed by atoms with Crippen molar-refractivity contribution < 1.29 is 14.7 Å². The molecule has 2 atom stereocenters. The third kappa shape index (κ3) is 2.90. The van der Waals surface area contributed by atoms with Crippen LogP contribution in [0.1, 0.15) is 44.9 Å². The Morgan fingerprint density at radius 2 is 1.82 bits per heavy atom. The highest BCUT2D eigenvalue weighted by Crippen LogP contribution is 2.35. The number of carbonyl (C=O) groups excluding carboxylic acids is 1. The first-order chi connectivity index (χ1) is 8.18. The van der Waals surface area contributed by atoms with Crippen molar-refractivity contribution in [1.29, 1.82) is 0 Å². The van der Waals surface area contributed by atoms with Crippen LogP contribution in [0.15, 0.2) is 0 Å². The van der Waals surface area contributed by atoms with Crippen molar-refractivity contribution in [3.05, 3.63) is 0 Å². The molecular weight excluding hydrogens is 220 g/mol. The van der Waals surface area contributed by atoms with E-state index in [4.69, 9.17) is 5.11 Å². The van der Waals surface area contributed by atoms with Gasteiger partial charge in [-0.2, -0.15) is 0 Å². The highest BCUT2D eigenvalue weighted by molar-refractivity contribution is 5.75. The molecule has 0 radical (unpaired) electrons. The predicted octanol–water partition coefficient (Wildman–Crippen LogP) is 1.58. The van der Waals surface area contributed by atoms with Crippen LogP contribution >= 0.6 is 0 Å². The maximum absolute atomic E-state index is 12.0. The average molecular weight is 240 g/mol. The van der Waals surface area contributed by atoms with Crippen LogP contribution < -0.4 is 5.32 Å². The second kappa shape index (κ2) is 5.38. The maximum Gasteiger partial charge on any atom is 0.317 e. The van der Waals surface area contributed by atoms with E-state index in [0.29, 0.717) is 25.0 Å². The van der Waals surface area contributed by atoms with Gasteiger partial charge in [-0.25, -0.2) is 4.79 Å². The van der Waals surface area contributed by atoms with Crippen LogP contribution in [-0.4, -0.2) is 40.6 Å². The second-order valence-electron chi connectivity index (χ2n) is 4.95. The van der Waals surface area contributed by atoms with Crippen molar-refractivity contribution in [3.8, 4) is 0 Å². The molecule has 2 heterocycles. The fraction of sp³-hybridized carbons (Fsp3) is 0.833. The number of rotatable bonds is 4. The van der Waals surface area contributed by atoms with Crippen LogP contribution in [0, 0.1) is 0 Å². The Morgan fingerprint density at radius 1 is 1.18 bits per heavy atom. The molecule has 2 saturated heterocycles. The Labute approximate surface area is 101 Å². The van der Waals surface area contributed by atoms with Gasteiger partial charge in [0, 0.05) is 25.0 Å². The van der Waals surface area contributed by atoms with Crippen LogP contribution in [0.25, 0.3) is 0 Å². The van der Waals surface area contributed by atoms with E-state index in [1.165, 1.54) is 6.42 Å². The minimum Gasteiger partial charge on any atom is -0.481 e. The normalized spacial score (nSPS) is 26.9. The zero-order valence-corrected chi connectivity index (χ0v) is 10.0. The number of nitrogens with one attached hydrogen (secondary N) is 1. The van der Waals surface area contributed by atoms with Gasteiger partial charge in [0.15, 0.2) is 0 Å². The van der Waals surface area contributed by atoms with Gasteiger partial charge >= 0.3 is 12.0 Å². The summed E-state index contributed by atoms with van der Waals surface area (Å²) in [6, 6.07) is 0.851. The Hall–Kier alpha value is -1.26. The minimum atomic E-state index is -0.808. The SMILES string of the molecule is O=C(O)CCCNC(=O)N1C2CCCC1CC2. The molecule has 2 rings (SSSR count). The van der Waals surface area contributed by atoms with Gasteiger partial charge in [0.2, 0.25) is 0 Å². The van der Waals surface area contributed by atoms with Crippen molar-refractivity contribution in [2.75, 3.05) is 6.54 Å². The molecule has 0 aromatic heterocycles. The molecule has 0 aromatic carbocycles. The van der Waals surface area contributed by atoms with Crippen LogP contribution in [0.2, 0.25) is 0 Å². The van der Waals surface area contributed by atoms with E-state index in [0.717, 1.165) is 25.7 Å². The summed E-state index contributed by atoms with van der Waals surface area (Å²) in [7, 11) is 0. The number of aliphatic carboxylic acids is 1. The van der Waals surface area contributed by atoms with Gasteiger partial charge in [0.25, 0.3) is 0 Å². The van der Waals surface area contributed by atoms with Crippen molar-refractivity contribution in [3.63, 3.8) is 0 Å². The molecule has 5 heteroatoms. The van der Waals surface area contributed by atoms with Gasteiger partial charge in [0.1, 0.15) is 0 Å². The molecule has 0 spiro atoms. The number of hydrogen-bond acceptors (Lipinski definition) is 2. The van der Waals surface area contributed by atoms with Gasteiger partial charge in [-0.1, -0.05) is 0 Å². The fourth-order valence-corrected chi connectivity index (χ4v) is 2.97. The third-order valence-electron chi connectivity index (χ3n) is 3.77. The Kier molecular flexibility index (Phi) is 3.86. The topological polar surface area (TPSA) is 69.6 Å². The number of urea groups is 1. The Morgan fingerprint density at radius 3 is 2.41 bits per heavy atom. The van der Waals surface area contributed by atoms with Crippen molar-refractivity contribution in [2.45, 2.75) is 57.0 Å². The van der Waals surface area contributed by atoms with E-state index < -0.39 is 5.97 Å². The van der Waals surface area contributed by atoms with E-state index in [1.54, 1.807) is 0 Å². The lowest BCUT2D eigenvalue weighted by Gasteiger charge is -2.34. The zero-order chi connectivity index (χ0) is 12.3. The number of hydrogen-bond donors (Lipinski definition) is 2. The number of carboxylic acid groups (broad SMARTS) is 1. The highest BCUT2D eigenvalue weighted by Gasteiger charge is 2.39. The molecule has 0 saturated carbocycles. The summed E-state index contributed by atoms with van der Waals surface area (Å²) in [6.45, 7) is 0.459. The summed E-state index contributed by atoms with van der Waals surface area (Å²) in [5, 5.41) is 11.3. The number of amides is 2. The van der Waals surface area contributed by atoms with Crippen LogP contribution in [0.4, 0.5) is 4.79 Å². The summed E-state index contributed by atoms with van der Waals surface area (Å²) in [5.74, 6) is -0.808. The quantitative estimate of drug-likeness (QED) is 0.733. The summed E-state index contributed by atoms with van der Waals surface area (Å²) in [5.41, 5.74) is 0. The van der Waals surface area contributed by atoms with Gasteiger partial charge in [-0.3, -0.25) is 4.79 Å². The number of carbonyl (C=O) groups is 2. The lowest BCUT2D eigenvalue weighted by Crippen LogP contribution is -2.49. The number of fused-ring (bicyclic) bond motifs is 2. The first-order valence-corrected chi connectivity index (χ1v) is 6.46. The van der Waals surface area contributed by atoms with Gasteiger partial charge in [0.05, 0.1) is 0 Å². The molecule has 2 N–H and O–H groups in total. The molecule has 96 valence electrons. The third-order valence-corrected chi connectivity index (χ3v) is 3.77. The number of nitrogens with zero attached hydrogens (tertiary/aromatic N) is 1. The van der Waals surface area contributed by atoms with E-state index in [-0.39, 0.29) is 12.5 Å². The predicted molar refractivity (Wildman–Crippen MR) is 62.8 cm³/mol. The molecule has 2 amide bonds. The van der Waals surface area contributed by atoms with Crippen molar-refractivity contribution in [1.82, 2.24) is 10.2 Å². The maximum atomic E-state index is 12.0. The molecule has 2 aliphatic heterocycles. The van der Waals surface area contributed by atoms with E-state index >= 15 is 0 Å². The largest absolute Gasteiger partial charge is 0.481 e.